The molecule has 2 unspecified atom stereocenters. The highest BCUT2D eigenvalue weighted by molar-refractivity contribution is 14.1. The number of nitrogens with zero attached hydrogens (tertiary/aromatic N) is 3. The lowest BCUT2D eigenvalue weighted by molar-refractivity contribution is 0.381. The third-order valence-corrected chi connectivity index (χ3v) is 3.68. The molecular formula is C10H15IN4. The van der Waals surface area contributed by atoms with Gasteiger partial charge < -0.3 is 10.6 Å². The first kappa shape index (κ1) is 11.1. The van der Waals surface area contributed by atoms with Gasteiger partial charge in [0.25, 0.3) is 0 Å². The van der Waals surface area contributed by atoms with Crippen LogP contribution >= 0.6 is 22.6 Å². The van der Waals surface area contributed by atoms with Gasteiger partial charge in [0.2, 0.25) is 0 Å². The molecule has 1 fully saturated rings. The molecule has 1 saturated heterocycles. The Morgan fingerprint density at radius 2 is 2.40 bits per heavy atom. The minimum absolute atomic E-state index is 0.334. The van der Waals surface area contributed by atoms with E-state index in [0.29, 0.717) is 12.0 Å². The van der Waals surface area contributed by atoms with Crippen molar-refractivity contribution in [2.75, 3.05) is 18.0 Å². The van der Waals surface area contributed by atoms with Crippen LogP contribution in [-0.4, -0.2) is 29.1 Å². The molecule has 2 atom stereocenters. The zero-order valence-corrected chi connectivity index (χ0v) is 10.9. The van der Waals surface area contributed by atoms with Crippen molar-refractivity contribution >= 4 is 28.4 Å². The summed E-state index contributed by atoms with van der Waals surface area (Å²) in [5, 5.41) is 0. The topological polar surface area (TPSA) is 55.0 Å². The van der Waals surface area contributed by atoms with Gasteiger partial charge in [-0.25, -0.2) is 9.97 Å². The van der Waals surface area contributed by atoms with E-state index in [0.717, 1.165) is 28.9 Å². The summed E-state index contributed by atoms with van der Waals surface area (Å²) in [6, 6.07) is 0.334. The van der Waals surface area contributed by atoms with Gasteiger partial charge in [-0.3, -0.25) is 0 Å². The summed E-state index contributed by atoms with van der Waals surface area (Å²) in [5.74, 6) is 1.58. The molecule has 2 heterocycles. The molecule has 4 nitrogen and oxygen atoms in total. The van der Waals surface area contributed by atoms with Gasteiger partial charge in [0, 0.05) is 25.3 Å². The van der Waals surface area contributed by atoms with Crippen molar-refractivity contribution in [2.24, 2.45) is 11.7 Å². The standard InChI is InChI=1S/C10H15IN4/c1-7-5-15(3-2-9(7)12)10-8(11)4-13-6-14-10/h4,6-7,9H,2-3,5,12H2,1H3. The lowest BCUT2D eigenvalue weighted by Crippen LogP contribution is -2.46. The van der Waals surface area contributed by atoms with Crippen molar-refractivity contribution in [3.63, 3.8) is 0 Å². The molecule has 1 aromatic rings. The first-order chi connectivity index (χ1) is 7.18. The molecule has 82 valence electrons. The van der Waals surface area contributed by atoms with Crippen LogP contribution in [0.2, 0.25) is 0 Å². The van der Waals surface area contributed by atoms with Crippen molar-refractivity contribution in [1.82, 2.24) is 9.97 Å². The molecule has 0 aliphatic carbocycles. The fourth-order valence-corrected chi connectivity index (χ4v) is 2.54. The third kappa shape index (κ3) is 2.39. The maximum absolute atomic E-state index is 6.00. The van der Waals surface area contributed by atoms with Crippen molar-refractivity contribution in [3.8, 4) is 0 Å². The van der Waals surface area contributed by atoms with Crippen LogP contribution in [-0.2, 0) is 0 Å². The third-order valence-electron chi connectivity index (χ3n) is 2.92. The number of anilines is 1. The molecule has 15 heavy (non-hydrogen) atoms. The molecule has 5 heteroatoms. The second kappa shape index (κ2) is 4.61. The maximum atomic E-state index is 6.00. The van der Waals surface area contributed by atoms with Crippen LogP contribution in [0.25, 0.3) is 0 Å². The van der Waals surface area contributed by atoms with Gasteiger partial charge >= 0.3 is 0 Å². The Morgan fingerprint density at radius 1 is 1.60 bits per heavy atom. The van der Waals surface area contributed by atoms with E-state index in [1.807, 2.05) is 6.20 Å². The molecule has 0 spiro atoms. The van der Waals surface area contributed by atoms with E-state index in [2.05, 4.69) is 44.4 Å². The highest BCUT2D eigenvalue weighted by atomic mass is 127. The Hall–Kier alpha value is -0.430. The predicted octanol–water partition coefficient (Wildman–Crippen LogP) is 1.25. The number of hydrogen-bond donors (Lipinski definition) is 1. The second-order valence-corrected chi connectivity index (χ2v) is 5.23. The lowest BCUT2D eigenvalue weighted by Gasteiger charge is -2.36. The molecule has 1 aliphatic heterocycles. The SMILES string of the molecule is CC1CN(c2ncncc2I)CCC1N. The molecular weight excluding hydrogens is 303 g/mol. The van der Waals surface area contributed by atoms with Crippen LogP contribution < -0.4 is 10.6 Å². The lowest BCUT2D eigenvalue weighted by atomic mass is 9.95. The molecule has 0 radical (unpaired) electrons. The Balaban J connectivity index is 2.15. The molecule has 0 saturated carbocycles. The first-order valence-electron chi connectivity index (χ1n) is 5.14. The van der Waals surface area contributed by atoms with E-state index in [9.17, 15) is 0 Å². The van der Waals surface area contributed by atoms with E-state index >= 15 is 0 Å². The maximum Gasteiger partial charge on any atom is 0.145 e. The van der Waals surface area contributed by atoms with E-state index in [-0.39, 0.29) is 0 Å². The quantitative estimate of drug-likeness (QED) is 0.792. The zero-order chi connectivity index (χ0) is 10.8. The molecule has 0 aromatic carbocycles. The Bertz CT molecular complexity index is 344. The second-order valence-electron chi connectivity index (χ2n) is 4.07. The van der Waals surface area contributed by atoms with Crippen LogP contribution in [0, 0.1) is 9.49 Å². The molecule has 2 N–H and O–H groups in total. The number of hydrogen-bond acceptors (Lipinski definition) is 4. The number of nitrogens with two attached hydrogens (primary N) is 1. The molecule has 2 rings (SSSR count). The van der Waals surface area contributed by atoms with Crippen LogP contribution in [0.1, 0.15) is 13.3 Å². The number of aromatic nitrogens is 2. The van der Waals surface area contributed by atoms with E-state index < -0.39 is 0 Å². The van der Waals surface area contributed by atoms with Gasteiger partial charge in [-0.15, -0.1) is 0 Å². The fraction of sp³-hybridized carbons (Fsp3) is 0.600. The fourth-order valence-electron chi connectivity index (χ4n) is 1.89. The van der Waals surface area contributed by atoms with Crippen LogP contribution in [0.4, 0.5) is 5.82 Å². The van der Waals surface area contributed by atoms with Crippen molar-refractivity contribution < 1.29 is 0 Å². The highest BCUT2D eigenvalue weighted by Crippen LogP contribution is 2.23. The summed E-state index contributed by atoms with van der Waals surface area (Å²) < 4.78 is 1.11. The number of rotatable bonds is 1. The Kier molecular flexibility index (Phi) is 3.40. The monoisotopic (exact) mass is 318 g/mol. The van der Waals surface area contributed by atoms with Gasteiger partial charge in [0.1, 0.15) is 12.1 Å². The minimum Gasteiger partial charge on any atom is -0.355 e. The van der Waals surface area contributed by atoms with Crippen LogP contribution in [0.5, 0.6) is 0 Å². The van der Waals surface area contributed by atoms with E-state index in [1.165, 1.54) is 0 Å². The average molecular weight is 318 g/mol. The molecule has 1 aromatic heterocycles. The number of halogens is 1. The van der Waals surface area contributed by atoms with E-state index in [4.69, 9.17) is 5.73 Å². The Morgan fingerprint density at radius 3 is 3.07 bits per heavy atom. The number of piperidine rings is 1. The summed E-state index contributed by atoms with van der Waals surface area (Å²) in [5.41, 5.74) is 6.00. The van der Waals surface area contributed by atoms with Crippen molar-refractivity contribution in [1.29, 1.82) is 0 Å². The van der Waals surface area contributed by atoms with Gasteiger partial charge in [0.05, 0.1) is 3.57 Å². The van der Waals surface area contributed by atoms with Crippen molar-refractivity contribution in [2.45, 2.75) is 19.4 Å². The summed E-state index contributed by atoms with van der Waals surface area (Å²) >= 11 is 2.28. The predicted molar refractivity (Wildman–Crippen MR) is 68.7 cm³/mol. The molecule has 0 bridgehead atoms. The Labute approximate surface area is 103 Å². The molecule has 1 aliphatic rings. The van der Waals surface area contributed by atoms with Crippen LogP contribution in [0.15, 0.2) is 12.5 Å². The smallest absolute Gasteiger partial charge is 0.145 e. The minimum atomic E-state index is 0.334. The summed E-state index contributed by atoms with van der Waals surface area (Å²) in [7, 11) is 0. The van der Waals surface area contributed by atoms with Gasteiger partial charge in [0.15, 0.2) is 0 Å². The first-order valence-corrected chi connectivity index (χ1v) is 6.22. The highest BCUT2D eigenvalue weighted by Gasteiger charge is 2.24. The zero-order valence-electron chi connectivity index (χ0n) is 8.73. The van der Waals surface area contributed by atoms with Crippen LogP contribution in [0.3, 0.4) is 0 Å². The van der Waals surface area contributed by atoms with Gasteiger partial charge in [-0.05, 0) is 34.9 Å². The van der Waals surface area contributed by atoms with Crippen molar-refractivity contribution in [3.05, 3.63) is 16.1 Å². The molecule has 0 amide bonds. The van der Waals surface area contributed by atoms with Gasteiger partial charge in [-0.1, -0.05) is 6.92 Å². The normalized spacial score (nSPS) is 26.7. The average Bonchev–Trinajstić information content (AvgIpc) is 2.23. The summed E-state index contributed by atoms with van der Waals surface area (Å²) in [6.45, 7) is 4.19. The van der Waals surface area contributed by atoms with E-state index in [1.54, 1.807) is 6.33 Å². The summed E-state index contributed by atoms with van der Waals surface area (Å²) in [4.78, 5) is 10.6. The van der Waals surface area contributed by atoms with Gasteiger partial charge in [-0.2, -0.15) is 0 Å². The largest absolute Gasteiger partial charge is 0.355 e. The summed E-state index contributed by atoms with van der Waals surface area (Å²) in [6.07, 6.45) is 4.50.